The Kier molecular flexibility index (Phi) is 4.82. The fraction of sp³-hybridized carbons (Fsp3) is 0.857. The molecule has 1 saturated carbocycles. The third-order valence-corrected chi connectivity index (χ3v) is 4.54. The molecule has 5 heteroatoms. The molecule has 5 nitrogen and oxygen atoms in total. The fourth-order valence-corrected chi connectivity index (χ4v) is 2.35. The number of carboxylic acids is 1. The van der Waals surface area contributed by atoms with E-state index in [0.29, 0.717) is 12.8 Å². The maximum atomic E-state index is 12.3. The van der Waals surface area contributed by atoms with Crippen molar-refractivity contribution >= 4 is 12.0 Å². The van der Waals surface area contributed by atoms with Crippen LogP contribution < -0.4 is 5.32 Å². The van der Waals surface area contributed by atoms with Gasteiger partial charge in [0.1, 0.15) is 5.54 Å². The summed E-state index contributed by atoms with van der Waals surface area (Å²) in [5, 5.41) is 12.2. The van der Waals surface area contributed by atoms with Crippen LogP contribution >= 0.6 is 0 Å². The summed E-state index contributed by atoms with van der Waals surface area (Å²) >= 11 is 0. The van der Waals surface area contributed by atoms with E-state index in [9.17, 15) is 14.7 Å². The predicted molar refractivity (Wildman–Crippen MR) is 74.1 cm³/mol. The molecule has 0 aromatic carbocycles. The van der Waals surface area contributed by atoms with Gasteiger partial charge in [-0.25, -0.2) is 9.59 Å². The monoisotopic (exact) mass is 270 g/mol. The van der Waals surface area contributed by atoms with Gasteiger partial charge < -0.3 is 15.3 Å². The molecule has 0 saturated heterocycles. The van der Waals surface area contributed by atoms with Crippen molar-refractivity contribution in [2.75, 3.05) is 7.05 Å². The topological polar surface area (TPSA) is 69.6 Å². The van der Waals surface area contributed by atoms with Gasteiger partial charge >= 0.3 is 12.0 Å². The van der Waals surface area contributed by atoms with Crippen molar-refractivity contribution in [3.05, 3.63) is 0 Å². The molecular weight excluding hydrogens is 244 g/mol. The van der Waals surface area contributed by atoms with Crippen LogP contribution in [0.2, 0.25) is 0 Å². The lowest BCUT2D eigenvalue weighted by Gasteiger charge is -2.40. The van der Waals surface area contributed by atoms with E-state index in [1.165, 1.54) is 0 Å². The molecule has 0 bridgehead atoms. The van der Waals surface area contributed by atoms with Crippen molar-refractivity contribution < 1.29 is 14.7 Å². The number of nitrogens with one attached hydrogen (secondary N) is 1. The van der Waals surface area contributed by atoms with Crippen LogP contribution in [-0.4, -0.2) is 40.1 Å². The average Bonchev–Trinajstić information content (AvgIpc) is 2.38. The molecule has 1 rings (SSSR count). The van der Waals surface area contributed by atoms with E-state index in [4.69, 9.17) is 0 Å². The molecule has 2 N–H and O–H groups in total. The van der Waals surface area contributed by atoms with Crippen molar-refractivity contribution in [1.29, 1.82) is 0 Å². The molecular formula is C14H26N2O3. The highest BCUT2D eigenvalue weighted by Crippen LogP contribution is 2.29. The molecule has 0 aliphatic heterocycles. The Morgan fingerprint density at radius 1 is 1.26 bits per heavy atom. The molecule has 0 unspecified atom stereocenters. The van der Waals surface area contributed by atoms with Gasteiger partial charge in [0.15, 0.2) is 0 Å². The third-order valence-electron chi connectivity index (χ3n) is 4.54. The van der Waals surface area contributed by atoms with Crippen molar-refractivity contribution in [2.45, 2.75) is 70.4 Å². The summed E-state index contributed by atoms with van der Waals surface area (Å²) in [7, 11) is 1.72. The molecule has 110 valence electrons. The highest BCUT2D eigenvalue weighted by molar-refractivity contribution is 5.86. The molecule has 0 radical (unpaired) electrons. The molecule has 2 amide bonds. The summed E-state index contributed by atoms with van der Waals surface area (Å²) in [5.74, 6) is -0.914. The summed E-state index contributed by atoms with van der Waals surface area (Å²) in [5.41, 5.74) is -1.36. The Labute approximate surface area is 115 Å². The van der Waals surface area contributed by atoms with Crippen molar-refractivity contribution in [1.82, 2.24) is 10.2 Å². The van der Waals surface area contributed by atoms with Crippen molar-refractivity contribution in [2.24, 2.45) is 0 Å². The van der Waals surface area contributed by atoms with Crippen LogP contribution in [-0.2, 0) is 4.79 Å². The Hall–Kier alpha value is -1.26. The predicted octanol–water partition coefficient (Wildman–Crippen LogP) is 2.60. The SMILES string of the molecule is CCC(C)(C)N(C)C(=O)NC1(C(=O)O)CCCCC1. The van der Waals surface area contributed by atoms with E-state index in [0.717, 1.165) is 25.7 Å². The molecule has 0 aromatic heterocycles. The van der Waals surface area contributed by atoms with Gasteiger partial charge in [0.2, 0.25) is 0 Å². The van der Waals surface area contributed by atoms with Crippen LogP contribution in [0.3, 0.4) is 0 Å². The van der Waals surface area contributed by atoms with E-state index in [2.05, 4.69) is 5.32 Å². The Balaban J connectivity index is 2.80. The number of aliphatic carboxylic acids is 1. The number of hydrogen-bond acceptors (Lipinski definition) is 2. The van der Waals surface area contributed by atoms with Gasteiger partial charge in [-0.2, -0.15) is 0 Å². The summed E-state index contributed by atoms with van der Waals surface area (Å²) < 4.78 is 0. The van der Waals surface area contributed by atoms with Crippen LogP contribution in [0.5, 0.6) is 0 Å². The standard InChI is InChI=1S/C14H26N2O3/c1-5-13(2,3)16(4)12(19)15-14(11(17)18)9-7-6-8-10-14/h5-10H2,1-4H3,(H,15,19)(H,17,18). The lowest BCUT2D eigenvalue weighted by Crippen LogP contribution is -2.60. The highest BCUT2D eigenvalue weighted by atomic mass is 16.4. The van der Waals surface area contributed by atoms with Gasteiger partial charge in [0.05, 0.1) is 0 Å². The summed E-state index contributed by atoms with van der Waals surface area (Å²) in [4.78, 5) is 25.4. The Morgan fingerprint density at radius 3 is 2.21 bits per heavy atom. The number of urea groups is 1. The average molecular weight is 270 g/mol. The number of amides is 2. The van der Waals surface area contributed by atoms with Crippen LogP contribution in [0.4, 0.5) is 4.79 Å². The van der Waals surface area contributed by atoms with E-state index >= 15 is 0 Å². The van der Waals surface area contributed by atoms with Gasteiger partial charge in [0, 0.05) is 12.6 Å². The van der Waals surface area contributed by atoms with Crippen LogP contribution in [0.15, 0.2) is 0 Å². The van der Waals surface area contributed by atoms with Gasteiger partial charge in [-0.1, -0.05) is 26.2 Å². The zero-order valence-corrected chi connectivity index (χ0v) is 12.5. The molecule has 0 atom stereocenters. The smallest absolute Gasteiger partial charge is 0.329 e. The second-order valence-electron chi connectivity index (χ2n) is 6.10. The van der Waals surface area contributed by atoms with Crippen LogP contribution in [0.1, 0.15) is 59.3 Å². The first-order chi connectivity index (χ1) is 8.75. The van der Waals surface area contributed by atoms with Gasteiger partial charge in [-0.3, -0.25) is 0 Å². The quantitative estimate of drug-likeness (QED) is 0.825. The van der Waals surface area contributed by atoms with E-state index in [1.54, 1.807) is 11.9 Å². The van der Waals surface area contributed by atoms with Crippen LogP contribution in [0.25, 0.3) is 0 Å². The number of carbonyl (C=O) groups is 2. The highest BCUT2D eigenvalue weighted by Gasteiger charge is 2.42. The summed E-state index contributed by atoms with van der Waals surface area (Å²) in [6.07, 6.45) is 4.61. The van der Waals surface area contributed by atoms with E-state index in [1.807, 2.05) is 20.8 Å². The minimum atomic E-state index is -1.08. The first-order valence-electron chi connectivity index (χ1n) is 7.04. The van der Waals surface area contributed by atoms with Gasteiger partial charge in [-0.05, 0) is 33.1 Å². The summed E-state index contributed by atoms with van der Waals surface area (Å²) in [6, 6.07) is -0.295. The molecule has 0 spiro atoms. The lowest BCUT2D eigenvalue weighted by atomic mass is 9.81. The van der Waals surface area contributed by atoms with Gasteiger partial charge in [-0.15, -0.1) is 0 Å². The molecule has 0 aromatic rings. The Bertz CT molecular complexity index is 347. The van der Waals surface area contributed by atoms with Crippen molar-refractivity contribution in [3.8, 4) is 0 Å². The number of carbonyl (C=O) groups excluding carboxylic acids is 1. The molecule has 19 heavy (non-hydrogen) atoms. The van der Waals surface area contributed by atoms with E-state index in [-0.39, 0.29) is 11.6 Å². The van der Waals surface area contributed by atoms with Crippen molar-refractivity contribution in [3.63, 3.8) is 0 Å². The second-order valence-corrected chi connectivity index (χ2v) is 6.10. The van der Waals surface area contributed by atoms with E-state index < -0.39 is 11.5 Å². The third kappa shape index (κ3) is 3.39. The minimum absolute atomic E-state index is 0.279. The zero-order valence-electron chi connectivity index (χ0n) is 12.5. The van der Waals surface area contributed by atoms with Gasteiger partial charge in [0.25, 0.3) is 0 Å². The summed E-state index contributed by atoms with van der Waals surface area (Å²) in [6.45, 7) is 5.96. The molecule has 1 aliphatic carbocycles. The number of carboxylic acid groups (broad SMARTS) is 1. The molecule has 1 fully saturated rings. The Morgan fingerprint density at radius 2 is 1.79 bits per heavy atom. The van der Waals surface area contributed by atoms with Crippen LogP contribution in [0, 0.1) is 0 Å². The largest absolute Gasteiger partial charge is 0.480 e. The first-order valence-corrected chi connectivity index (χ1v) is 7.04. The fourth-order valence-electron chi connectivity index (χ4n) is 2.35. The maximum absolute atomic E-state index is 12.3. The molecule has 1 aliphatic rings. The molecule has 0 heterocycles. The number of hydrogen-bond donors (Lipinski definition) is 2. The number of rotatable bonds is 4. The number of nitrogens with zero attached hydrogens (tertiary/aromatic N) is 1. The minimum Gasteiger partial charge on any atom is -0.480 e. The lowest BCUT2D eigenvalue weighted by molar-refractivity contribution is -0.146. The second kappa shape index (κ2) is 5.80. The maximum Gasteiger partial charge on any atom is 0.329 e. The normalized spacial score (nSPS) is 18.7. The first kappa shape index (κ1) is 15.8. The zero-order chi connectivity index (χ0) is 14.7.